The summed E-state index contributed by atoms with van der Waals surface area (Å²) in [4.78, 5) is 10.1. The van der Waals surface area contributed by atoms with E-state index in [0.717, 1.165) is 6.07 Å². The molecule has 1 rings (SSSR count). The Labute approximate surface area is 92.0 Å². The van der Waals surface area contributed by atoms with Crippen LogP contribution in [0.2, 0.25) is 0 Å². The molecule has 1 N–H and O–H groups in total. The monoisotopic (exact) mass is 252 g/mol. The maximum Gasteiger partial charge on any atom is 0.419 e. The lowest BCUT2D eigenvalue weighted by molar-refractivity contribution is -0.140. The Morgan fingerprint density at radius 1 is 1.29 bits per heavy atom. The highest BCUT2D eigenvalue weighted by molar-refractivity contribution is 5.89. The number of carboxylic acids is 1. The first-order chi connectivity index (χ1) is 7.71. The minimum atomic E-state index is -4.92. The van der Waals surface area contributed by atoms with Crippen LogP contribution in [-0.2, 0) is 11.0 Å². The molecule has 0 spiro atoms. The lowest BCUT2D eigenvalue weighted by atomic mass is 10.1. The molecule has 0 atom stereocenters. The van der Waals surface area contributed by atoms with Crippen LogP contribution < -0.4 is 0 Å². The third-order valence-corrected chi connectivity index (χ3v) is 1.79. The summed E-state index contributed by atoms with van der Waals surface area (Å²) in [5.41, 5.74) is -1.97. The Balaban J connectivity index is 3.23. The largest absolute Gasteiger partial charge is 0.476 e. The molecule has 17 heavy (non-hydrogen) atoms. The fourth-order valence-electron chi connectivity index (χ4n) is 1.06. The van der Waals surface area contributed by atoms with Gasteiger partial charge in [0.15, 0.2) is 0 Å². The quantitative estimate of drug-likeness (QED) is 0.648. The summed E-state index contributed by atoms with van der Waals surface area (Å²) < 4.78 is 62.2. The molecule has 0 aliphatic heterocycles. The zero-order valence-corrected chi connectivity index (χ0v) is 8.05. The minimum Gasteiger partial charge on any atom is -0.476 e. The molecular formula is C10H5F5O2. The summed E-state index contributed by atoms with van der Waals surface area (Å²) in [6, 6.07) is 1.66. The molecule has 2 nitrogen and oxygen atoms in total. The summed E-state index contributed by atoms with van der Waals surface area (Å²) >= 11 is 0. The van der Waals surface area contributed by atoms with Gasteiger partial charge in [-0.25, -0.2) is 9.18 Å². The summed E-state index contributed by atoms with van der Waals surface area (Å²) in [6.07, 6.45) is -4.55. The van der Waals surface area contributed by atoms with Gasteiger partial charge in [-0.1, -0.05) is 6.07 Å². The molecule has 0 aliphatic rings. The first-order valence-electron chi connectivity index (χ1n) is 4.19. The van der Waals surface area contributed by atoms with Crippen molar-refractivity contribution in [1.82, 2.24) is 0 Å². The zero-order valence-electron chi connectivity index (χ0n) is 8.05. The van der Waals surface area contributed by atoms with Crippen molar-refractivity contribution in [3.05, 3.63) is 41.0 Å². The van der Waals surface area contributed by atoms with Crippen molar-refractivity contribution in [2.24, 2.45) is 0 Å². The van der Waals surface area contributed by atoms with Crippen molar-refractivity contribution >= 4 is 12.0 Å². The van der Waals surface area contributed by atoms with Crippen molar-refractivity contribution in [2.45, 2.75) is 6.18 Å². The second-order valence-electron chi connectivity index (χ2n) is 3.03. The van der Waals surface area contributed by atoms with Crippen molar-refractivity contribution in [3.8, 4) is 0 Å². The third-order valence-electron chi connectivity index (χ3n) is 1.79. The van der Waals surface area contributed by atoms with Crippen LogP contribution in [0.4, 0.5) is 22.0 Å². The molecule has 0 aromatic heterocycles. The molecule has 7 heteroatoms. The van der Waals surface area contributed by atoms with E-state index in [0.29, 0.717) is 18.2 Å². The van der Waals surface area contributed by atoms with Gasteiger partial charge in [0.1, 0.15) is 5.82 Å². The van der Waals surface area contributed by atoms with Gasteiger partial charge >= 0.3 is 12.1 Å². The first-order valence-corrected chi connectivity index (χ1v) is 4.19. The van der Waals surface area contributed by atoms with E-state index in [9.17, 15) is 26.7 Å². The fraction of sp³-hybridized carbons (Fsp3) is 0.100. The Hall–Kier alpha value is -1.92. The van der Waals surface area contributed by atoms with Gasteiger partial charge in [-0.3, -0.25) is 0 Å². The molecule has 0 unspecified atom stereocenters. The highest BCUT2D eigenvalue weighted by atomic mass is 19.4. The van der Waals surface area contributed by atoms with Gasteiger partial charge in [-0.2, -0.15) is 17.6 Å². The van der Waals surface area contributed by atoms with E-state index in [1.54, 1.807) is 0 Å². The average Bonchev–Trinajstić information content (AvgIpc) is 2.19. The molecule has 0 bridgehead atoms. The number of hydrogen-bond donors (Lipinski definition) is 1. The van der Waals surface area contributed by atoms with Gasteiger partial charge in [0.2, 0.25) is 5.83 Å². The lowest BCUT2D eigenvalue weighted by Crippen LogP contribution is -2.08. The lowest BCUT2D eigenvalue weighted by Gasteiger charge is -2.08. The smallest absolute Gasteiger partial charge is 0.419 e. The SMILES string of the molecule is O=C(O)/C(F)=C/c1ccc(F)c(C(F)(F)F)c1. The molecule has 92 valence electrons. The van der Waals surface area contributed by atoms with Gasteiger partial charge in [0.05, 0.1) is 5.56 Å². The number of rotatable bonds is 2. The molecule has 0 heterocycles. The summed E-state index contributed by atoms with van der Waals surface area (Å²) in [5.74, 6) is -5.06. The van der Waals surface area contributed by atoms with Crippen LogP contribution in [0.1, 0.15) is 11.1 Å². The van der Waals surface area contributed by atoms with Gasteiger partial charge in [0, 0.05) is 0 Å². The molecule has 1 aromatic rings. The molecule has 1 aromatic carbocycles. The Morgan fingerprint density at radius 2 is 1.88 bits per heavy atom. The molecule has 0 saturated heterocycles. The Morgan fingerprint density at radius 3 is 2.35 bits per heavy atom. The molecular weight excluding hydrogens is 247 g/mol. The standard InChI is InChI=1S/C10H5F5O2/c11-7-2-1-5(4-8(12)9(16)17)3-6(7)10(13,14)15/h1-4H,(H,16,17)/b8-4-. The number of halogens is 5. The highest BCUT2D eigenvalue weighted by Gasteiger charge is 2.34. The molecule has 0 amide bonds. The second kappa shape index (κ2) is 4.52. The van der Waals surface area contributed by atoms with Crippen molar-refractivity contribution in [3.63, 3.8) is 0 Å². The number of alkyl halides is 3. The fourth-order valence-corrected chi connectivity index (χ4v) is 1.06. The number of benzene rings is 1. The molecule has 0 aliphatic carbocycles. The number of carbonyl (C=O) groups is 1. The maximum atomic E-state index is 12.8. The Kier molecular flexibility index (Phi) is 3.50. The Bertz CT molecular complexity index is 476. The van der Waals surface area contributed by atoms with Gasteiger partial charge < -0.3 is 5.11 Å². The summed E-state index contributed by atoms with van der Waals surface area (Å²) in [5, 5.41) is 8.19. The summed E-state index contributed by atoms with van der Waals surface area (Å²) in [7, 11) is 0. The number of hydrogen-bond acceptors (Lipinski definition) is 1. The predicted molar refractivity (Wildman–Crippen MR) is 48.1 cm³/mol. The van der Waals surface area contributed by atoms with E-state index in [1.807, 2.05) is 0 Å². The molecule has 0 radical (unpaired) electrons. The van der Waals surface area contributed by atoms with Crippen molar-refractivity contribution in [1.29, 1.82) is 0 Å². The van der Waals surface area contributed by atoms with E-state index in [2.05, 4.69) is 0 Å². The van der Waals surface area contributed by atoms with E-state index in [4.69, 9.17) is 5.11 Å². The normalized spacial score (nSPS) is 12.6. The van der Waals surface area contributed by atoms with Crippen LogP contribution in [0.15, 0.2) is 24.0 Å². The van der Waals surface area contributed by atoms with Gasteiger partial charge in [-0.15, -0.1) is 0 Å². The van der Waals surface area contributed by atoms with Crippen LogP contribution >= 0.6 is 0 Å². The molecule has 0 fully saturated rings. The van der Waals surface area contributed by atoms with Gasteiger partial charge in [0.25, 0.3) is 0 Å². The number of carboxylic acid groups (broad SMARTS) is 1. The van der Waals surface area contributed by atoms with E-state index in [-0.39, 0.29) is 0 Å². The highest BCUT2D eigenvalue weighted by Crippen LogP contribution is 2.32. The van der Waals surface area contributed by atoms with E-state index >= 15 is 0 Å². The topological polar surface area (TPSA) is 37.3 Å². The van der Waals surface area contributed by atoms with Crippen LogP contribution in [-0.4, -0.2) is 11.1 Å². The zero-order chi connectivity index (χ0) is 13.2. The minimum absolute atomic E-state index is 0.331. The first kappa shape index (κ1) is 13.1. The average molecular weight is 252 g/mol. The predicted octanol–water partition coefficient (Wildman–Crippen LogP) is 3.24. The van der Waals surface area contributed by atoms with Crippen LogP contribution in [0.3, 0.4) is 0 Å². The summed E-state index contributed by atoms with van der Waals surface area (Å²) in [6.45, 7) is 0. The number of aliphatic carboxylic acids is 1. The third kappa shape index (κ3) is 3.27. The van der Waals surface area contributed by atoms with E-state index < -0.39 is 34.9 Å². The van der Waals surface area contributed by atoms with Crippen molar-refractivity contribution in [2.75, 3.05) is 0 Å². The van der Waals surface area contributed by atoms with Crippen molar-refractivity contribution < 1.29 is 31.9 Å². The second-order valence-corrected chi connectivity index (χ2v) is 3.03. The van der Waals surface area contributed by atoms with Crippen LogP contribution in [0.5, 0.6) is 0 Å². The van der Waals surface area contributed by atoms with Crippen LogP contribution in [0.25, 0.3) is 6.08 Å². The molecule has 0 saturated carbocycles. The maximum absolute atomic E-state index is 12.8. The van der Waals surface area contributed by atoms with Gasteiger partial charge in [-0.05, 0) is 23.8 Å². The van der Waals surface area contributed by atoms with Crippen LogP contribution in [0, 0.1) is 5.82 Å². The van der Waals surface area contributed by atoms with E-state index in [1.165, 1.54) is 0 Å².